The second kappa shape index (κ2) is 6.18. The molecule has 1 aliphatic heterocycles. The number of carbonyl (C=O) groups excluding carboxylic acids is 1. The molecule has 0 unspecified atom stereocenters. The minimum Gasteiger partial charge on any atom is -0.346 e. The van der Waals surface area contributed by atoms with Crippen LogP contribution in [0.2, 0.25) is 0 Å². The molecule has 1 heterocycles. The fourth-order valence-electron chi connectivity index (χ4n) is 3.18. The SMILES string of the molecule is CS(=O)(=O)N1CCC[C@@H](C(=O)NC2(c3ccc(Br)cc3)CC2)C1. The van der Waals surface area contributed by atoms with Crippen molar-refractivity contribution in [1.82, 2.24) is 9.62 Å². The highest BCUT2D eigenvalue weighted by molar-refractivity contribution is 9.10. The zero-order chi connectivity index (χ0) is 16.7. The summed E-state index contributed by atoms with van der Waals surface area (Å²) in [6.45, 7) is 0.807. The average Bonchev–Trinajstić information content (AvgIpc) is 3.28. The van der Waals surface area contributed by atoms with Crippen molar-refractivity contribution in [3.05, 3.63) is 34.3 Å². The molecule has 1 aromatic rings. The molecule has 0 spiro atoms. The lowest BCUT2D eigenvalue weighted by Gasteiger charge is -2.31. The first-order chi connectivity index (χ1) is 10.8. The van der Waals surface area contributed by atoms with E-state index in [-0.39, 0.29) is 17.4 Å². The van der Waals surface area contributed by atoms with Crippen LogP contribution in [0.15, 0.2) is 28.7 Å². The number of piperidine rings is 1. The van der Waals surface area contributed by atoms with Gasteiger partial charge in [0.1, 0.15) is 0 Å². The maximum Gasteiger partial charge on any atom is 0.225 e. The number of carbonyl (C=O) groups is 1. The number of amides is 1. The van der Waals surface area contributed by atoms with Gasteiger partial charge >= 0.3 is 0 Å². The Morgan fingerprint density at radius 1 is 1.30 bits per heavy atom. The molecule has 7 heteroatoms. The lowest BCUT2D eigenvalue weighted by Crippen LogP contribution is -2.47. The molecule has 1 saturated carbocycles. The minimum atomic E-state index is -3.23. The Bertz CT molecular complexity index is 699. The second-order valence-electron chi connectivity index (χ2n) is 6.54. The zero-order valence-electron chi connectivity index (χ0n) is 13.1. The Labute approximate surface area is 145 Å². The molecule has 2 fully saturated rings. The van der Waals surface area contributed by atoms with E-state index >= 15 is 0 Å². The van der Waals surface area contributed by atoms with Gasteiger partial charge in [0.25, 0.3) is 0 Å². The lowest BCUT2D eigenvalue weighted by atomic mass is 9.97. The highest BCUT2D eigenvalue weighted by Gasteiger charge is 2.46. The second-order valence-corrected chi connectivity index (χ2v) is 9.44. The van der Waals surface area contributed by atoms with Gasteiger partial charge in [-0.05, 0) is 43.4 Å². The summed E-state index contributed by atoms with van der Waals surface area (Å²) in [6.07, 6.45) is 4.55. The summed E-state index contributed by atoms with van der Waals surface area (Å²) in [7, 11) is -3.23. The van der Waals surface area contributed by atoms with E-state index in [1.807, 2.05) is 24.3 Å². The van der Waals surface area contributed by atoms with Crippen molar-refractivity contribution < 1.29 is 13.2 Å². The van der Waals surface area contributed by atoms with Crippen LogP contribution in [-0.4, -0.2) is 38.0 Å². The number of sulfonamides is 1. The Hall–Kier alpha value is -0.920. The molecule has 1 N–H and O–H groups in total. The van der Waals surface area contributed by atoms with Crippen LogP contribution >= 0.6 is 15.9 Å². The van der Waals surface area contributed by atoms with Crippen molar-refractivity contribution in [3.8, 4) is 0 Å². The van der Waals surface area contributed by atoms with Crippen LogP contribution in [0.3, 0.4) is 0 Å². The maximum atomic E-state index is 12.6. The first-order valence-corrected chi connectivity index (χ1v) is 10.5. The van der Waals surface area contributed by atoms with E-state index in [0.29, 0.717) is 13.1 Å². The Morgan fingerprint density at radius 3 is 2.52 bits per heavy atom. The molecule has 2 aliphatic rings. The van der Waals surface area contributed by atoms with Gasteiger partial charge in [-0.1, -0.05) is 28.1 Å². The van der Waals surface area contributed by atoms with Gasteiger partial charge in [-0.15, -0.1) is 0 Å². The van der Waals surface area contributed by atoms with E-state index in [1.165, 1.54) is 10.6 Å². The Morgan fingerprint density at radius 2 is 1.96 bits per heavy atom. The molecule has 126 valence electrons. The summed E-state index contributed by atoms with van der Waals surface area (Å²) in [5.74, 6) is -0.287. The fourth-order valence-corrected chi connectivity index (χ4v) is 4.35. The van der Waals surface area contributed by atoms with Crippen LogP contribution in [0, 0.1) is 5.92 Å². The van der Waals surface area contributed by atoms with Crippen LogP contribution in [-0.2, 0) is 20.4 Å². The van der Waals surface area contributed by atoms with Crippen molar-refractivity contribution in [2.24, 2.45) is 5.92 Å². The molecular formula is C16H21BrN2O3S. The quantitative estimate of drug-likeness (QED) is 0.842. The number of halogens is 1. The topological polar surface area (TPSA) is 66.5 Å². The molecular weight excluding hydrogens is 380 g/mol. The first kappa shape index (κ1) is 16.9. The Balaban J connectivity index is 1.68. The standard InChI is InChI=1S/C16H21BrN2O3S/c1-23(21,22)19-10-2-3-12(11-19)15(20)18-16(8-9-16)13-4-6-14(17)7-5-13/h4-7,12H,2-3,8-11H2,1H3,(H,18,20)/t12-/m1/s1. The van der Waals surface area contributed by atoms with Crippen molar-refractivity contribution >= 4 is 31.9 Å². The van der Waals surface area contributed by atoms with Crippen LogP contribution in [0.1, 0.15) is 31.2 Å². The molecule has 5 nitrogen and oxygen atoms in total. The van der Waals surface area contributed by atoms with Crippen LogP contribution in [0.4, 0.5) is 0 Å². The summed E-state index contributed by atoms with van der Waals surface area (Å²) in [5, 5.41) is 3.17. The van der Waals surface area contributed by atoms with E-state index in [0.717, 1.165) is 35.7 Å². The van der Waals surface area contributed by atoms with Gasteiger partial charge in [-0.2, -0.15) is 0 Å². The number of nitrogens with zero attached hydrogens (tertiary/aromatic N) is 1. The van der Waals surface area contributed by atoms with E-state index in [9.17, 15) is 13.2 Å². The van der Waals surface area contributed by atoms with Crippen LogP contribution in [0.5, 0.6) is 0 Å². The van der Waals surface area contributed by atoms with E-state index in [1.54, 1.807) is 0 Å². The maximum absolute atomic E-state index is 12.6. The monoisotopic (exact) mass is 400 g/mol. The first-order valence-electron chi connectivity index (χ1n) is 7.83. The molecule has 1 amide bonds. The van der Waals surface area contributed by atoms with Crippen LogP contribution < -0.4 is 5.32 Å². The van der Waals surface area contributed by atoms with Gasteiger partial charge in [0.2, 0.25) is 15.9 Å². The molecule has 0 aromatic heterocycles. The molecule has 3 rings (SSSR count). The number of nitrogens with one attached hydrogen (secondary N) is 1. The molecule has 1 saturated heterocycles. The third kappa shape index (κ3) is 3.78. The highest BCUT2D eigenvalue weighted by atomic mass is 79.9. The normalized spacial score (nSPS) is 24.2. The van der Waals surface area contributed by atoms with Gasteiger partial charge in [-0.3, -0.25) is 4.79 Å². The van der Waals surface area contributed by atoms with E-state index in [4.69, 9.17) is 0 Å². The van der Waals surface area contributed by atoms with Crippen LogP contribution in [0.25, 0.3) is 0 Å². The van der Waals surface area contributed by atoms with E-state index < -0.39 is 10.0 Å². The fraction of sp³-hybridized carbons (Fsp3) is 0.562. The average molecular weight is 401 g/mol. The third-order valence-corrected chi connectivity index (χ3v) is 6.53. The van der Waals surface area contributed by atoms with Crippen molar-refractivity contribution in [2.45, 2.75) is 31.2 Å². The Kier molecular flexibility index (Phi) is 4.55. The molecule has 1 aliphatic carbocycles. The summed E-state index contributed by atoms with van der Waals surface area (Å²) in [5.41, 5.74) is 0.857. The number of benzene rings is 1. The number of hydrogen-bond donors (Lipinski definition) is 1. The van der Waals surface area contributed by atoms with Gasteiger partial charge < -0.3 is 5.32 Å². The predicted molar refractivity (Wildman–Crippen MR) is 92.3 cm³/mol. The van der Waals surface area contributed by atoms with Gasteiger partial charge in [0, 0.05) is 17.6 Å². The van der Waals surface area contributed by atoms with Gasteiger partial charge in [0.15, 0.2) is 0 Å². The molecule has 0 radical (unpaired) electrons. The molecule has 0 bridgehead atoms. The molecule has 23 heavy (non-hydrogen) atoms. The minimum absolute atomic E-state index is 0.0289. The van der Waals surface area contributed by atoms with Gasteiger partial charge in [-0.25, -0.2) is 12.7 Å². The van der Waals surface area contributed by atoms with Crippen molar-refractivity contribution in [1.29, 1.82) is 0 Å². The smallest absolute Gasteiger partial charge is 0.225 e. The molecule has 1 aromatic carbocycles. The predicted octanol–water partition coefficient (Wildman–Crippen LogP) is 2.23. The summed E-state index contributed by atoms with van der Waals surface area (Å²) in [6, 6.07) is 8.02. The van der Waals surface area contributed by atoms with Gasteiger partial charge in [0.05, 0.1) is 17.7 Å². The molecule has 1 atom stereocenters. The summed E-state index contributed by atoms with van der Waals surface area (Å²) >= 11 is 3.42. The number of hydrogen-bond acceptors (Lipinski definition) is 3. The summed E-state index contributed by atoms with van der Waals surface area (Å²) < 4.78 is 25.8. The number of rotatable bonds is 4. The van der Waals surface area contributed by atoms with Crippen molar-refractivity contribution in [3.63, 3.8) is 0 Å². The zero-order valence-corrected chi connectivity index (χ0v) is 15.5. The summed E-state index contributed by atoms with van der Waals surface area (Å²) in [4.78, 5) is 12.6. The lowest BCUT2D eigenvalue weighted by molar-refractivity contribution is -0.127. The highest BCUT2D eigenvalue weighted by Crippen LogP contribution is 2.46. The van der Waals surface area contributed by atoms with E-state index in [2.05, 4.69) is 21.2 Å². The largest absolute Gasteiger partial charge is 0.346 e. The van der Waals surface area contributed by atoms with Crippen molar-refractivity contribution in [2.75, 3.05) is 19.3 Å². The third-order valence-electron chi connectivity index (χ3n) is 4.73.